The molecule has 0 aliphatic carbocycles. The number of hydrogen-bond donors (Lipinski definition) is 2. The Hall–Kier alpha value is -1.81. The van der Waals surface area contributed by atoms with E-state index in [4.69, 9.17) is 5.11 Å². The number of nitrogens with zero attached hydrogens (tertiary/aromatic N) is 1. The molecule has 2 N–H and O–H groups in total. The van der Waals surface area contributed by atoms with Gasteiger partial charge in [-0.25, -0.2) is 0 Å². The number of aliphatic hydroxyl groups excluding tert-OH is 1. The molecule has 96 valence electrons. The van der Waals surface area contributed by atoms with Crippen LogP contribution in [0.5, 0.6) is 0 Å². The molecule has 0 unspecified atom stereocenters. The van der Waals surface area contributed by atoms with E-state index in [9.17, 15) is 4.79 Å². The monoisotopic (exact) mass is 246 g/mol. The van der Waals surface area contributed by atoms with E-state index >= 15 is 0 Å². The molecule has 1 amide bonds. The lowest BCUT2D eigenvalue weighted by atomic mass is 10.1. The van der Waals surface area contributed by atoms with Gasteiger partial charge in [0.15, 0.2) is 0 Å². The molecular formula is C14H18N2O2. The predicted octanol–water partition coefficient (Wildman–Crippen LogP) is 2.01. The molecule has 0 atom stereocenters. The van der Waals surface area contributed by atoms with Gasteiger partial charge in [0.05, 0.1) is 12.2 Å². The lowest BCUT2D eigenvalue weighted by Gasteiger charge is -2.20. The van der Waals surface area contributed by atoms with Crippen molar-refractivity contribution in [2.45, 2.75) is 13.3 Å². The molecule has 0 spiro atoms. The Bertz CT molecular complexity index is 527. The van der Waals surface area contributed by atoms with E-state index in [-0.39, 0.29) is 12.5 Å². The molecule has 1 aromatic carbocycles. The third-order valence-corrected chi connectivity index (χ3v) is 2.97. The number of benzene rings is 1. The maximum absolute atomic E-state index is 12.4. The summed E-state index contributed by atoms with van der Waals surface area (Å²) in [7, 11) is 0. The number of hydrogen-bond acceptors (Lipinski definition) is 2. The van der Waals surface area contributed by atoms with Crippen LogP contribution in [0.1, 0.15) is 23.7 Å². The molecule has 2 rings (SSSR count). The van der Waals surface area contributed by atoms with Crippen LogP contribution < -0.4 is 0 Å². The molecule has 0 saturated heterocycles. The van der Waals surface area contributed by atoms with Gasteiger partial charge in [-0.15, -0.1) is 0 Å². The van der Waals surface area contributed by atoms with Gasteiger partial charge in [0.1, 0.15) is 0 Å². The van der Waals surface area contributed by atoms with Gasteiger partial charge in [0.2, 0.25) is 0 Å². The van der Waals surface area contributed by atoms with Gasteiger partial charge in [-0.05, 0) is 12.5 Å². The number of fused-ring (bicyclic) bond motifs is 1. The Labute approximate surface area is 106 Å². The van der Waals surface area contributed by atoms with Crippen LogP contribution in [0.4, 0.5) is 0 Å². The maximum atomic E-state index is 12.4. The summed E-state index contributed by atoms with van der Waals surface area (Å²) < 4.78 is 0. The topological polar surface area (TPSA) is 56.3 Å². The third-order valence-electron chi connectivity index (χ3n) is 2.97. The summed E-state index contributed by atoms with van der Waals surface area (Å²) in [5.41, 5.74) is 1.63. The third kappa shape index (κ3) is 2.38. The Morgan fingerprint density at radius 1 is 1.33 bits per heavy atom. The van der Waals surface area contributed by atoms with Crippen LogP contribution in [0, 0.1) is 0 Å². The molecule has 0 bridgehead atoms. The van der Waals surface area contributed by atoms with Crippen molar-refractivity contribution in [2.24, 2.45) is 0 Å². The molecule has 18 heavy (non-hydrogen) atoms. The molecule has 4 heteroatoms. The fourth-order valence-electron chi connectivity index (χ4n) is 2.12. The first-order chi connectivity index (χ1) is 8.77. The summed E-state index contributed by atoms with van der Waals surface area (Å²) in [6, 6.07) is 7.73. The number of amides is 1. The van der Waals surface area contributed by atoms with Gasteiger partial charge in [-0.3, -0.25) is 4.79 Å². The Morgan fingerprint density at radius 2 is 2.11 bits per heavy atom. The van der Waals surface area contributed by atoms with Crippen molar-refractivity contribution in [2.75, 3.05) is 19.7 Å². The highest BCUT2D eigenvalue weighted by molar-refractivity contribution is 6.06. The maximum Gasteiger partial charge on any atom is 0.256 e. The number of aromatic nitrogens is 1. The highest BCUT2D eigenvalue weighted by Crippen LogP contribution is 2.19. The fraction of sp³-hybridized carbons (Fsp3) is 0.357. The van der Waals surface area contributed by atoms with Gasteiger partial charge < -0.3 is 15.0 Å². The van der Waals surface area contributed by atoms with Crippen LogP contribution in [0.2, 0.25) is 0 Å². The summed E-state index contributed by atoms with van der Waals surface area (Å²) in [4.78, 5) is 17.2. The summed E-state index contributed by atoms with van der Waals surface area (Å²) in [5, 5.41) is 9.95. The molecule has 1 heterocycles. The van der Waals surface area contributed by atoms with Crippen molar-refractivity contribution in [3.63, 3.8) is 0 Å². The van der Waals surface area contributed by atoms with Crippen LogP contribution in [0.3, 0.4) is 0 Å². The van der Waals surface area contributed by atoms with E-state index in [1.165, 1.54) is 0 Å². The summed E-state index contributed by atoms with van der Waals surface area (Å²) in [5.74, 6) is -0.0247. The van der Waals surface area contributed by atoms with E-state index in [1.54, 1.807) is 11.1 Å². The Balaban J connectivity index is 2.31. The van der Waals surface area contributed by atoms with Crippen molar-refractivity contribution < 1.29 is 9.90 Å². The zero-order valence-electron chi connectivity index (χ0n) is 10.5. The molecular weight excluding hydrogens is 228 g/mol. The summed E-state index contributed by atoms with van der Waals surface area (Å²) in [6.45, 7) is 3.06. The van der Waals surface area contributed by atoms with E-state index in [1.807, 2.05) is 31.2 Å². The first-order valence-electron chi connectivity index (χ1n) is 6.24. The van der Waals surface area contributed by atoms with Crippen molar-refractivity contribution in [1.29, 1.82) is 0 Å². The summed E-state index contributed by atoms with van der Waals surface area (Å²) in [6.07, 6.45) is 2.63. The molecule has 4 nitrogen and oxygen atoms in total. The second-order valence-corrected chi connectivity index (χ2v) is 4.26. The van der Waals surface area contributed by atoms with Gasteiger partial charge in [-0.2, -0.15) is 0 Å². The first-order valence-corrected chi connectivity index (χ1v) is 6.24. The van der Waals surface area contributed by atoms with E-state index in [2.05, 4.69) is 4.98 Å². The van der Waals surface area contributed by atoms with Gasteiger partial charge in [0, 0.05) is 30.2 Å². The predicted molar refractivity (Wildman–Crippen MR) is 71.6 cm³/mol. The average molecular weight is 246 g/mol. The number of H-pyrrole nitrogens is 1. The zero-order valence-corrected chi connectivity index (χ0v) is 10.5. The van der Waals surface area contributed by atoms with Gasteiger partial charge in [-0.1, -0.05) is 25.1 Å². The van der Waals surface area contributed by atoms with Crippen LogP contribution in [-0.4, -0.2) is 40.6 Å². The molecule has 0 saturated carbocycles. The minimum Gasteiger partial charge on any atom is -0.395 e. The molecule has 0 aliphatic heterocycles. The first kappa shape index (κ1) is 12.6. The Morgan fingerprint density at radius 3 is 2.83 bits per heavy atom. The zero-order chi connectivity index (χ0) is 13.0. The van der Waals surface area contributed by atoms with Crippen LogP contribution in [0.15, 0.2) is 30.5 Å². The van der Waals surface area contributed by atoms with Crippen molar-refractivity contribution in [3.8, 4) is 0 Å². The van der Waals surface area contributed by atoms with Crippen molar-refractivity contribution >= 4 is 16.8 Å². The normalized spacial score (nSPS) is 10.8. The Kier molecular flexibility index (Phi) is 3.99. The van der Waals surface area contributed by atoms with E-state index in [0.29, 0.717) is 18.7 Å². The second-order valence-electron chi connectivity index (χ2n) is 4.26. The lowest BCUT2D eigenvalue weighted by molar-refractivity contribution is 0.0724. The SMILES string of the molecule is CCCN(CCO)C(=O)c1c[nH]c2ccccc12. The van der Waals surface area contributed by atoms with Gasteiger partial charge in [0.25, 0.3) is 5.91 Å². The number of para-hydroxylation sites is 1. The lowest BCUT2D eigenvalue weighted by Crippen LogP contribution is -2.34. The number of carbonyl (C=O) groups is 1. The largest absolute Gasteiger partial charge is 0.395 e. The smallest absolute Gasteiger partial charge is 0.256 e. The highest BCUT2D eigenvalue weighted by atomic mass is 16.3. The number of aromatic amines is 1. The van der Waals surface area contributed by atoms with E-state index in [0.717, 1.165) is 17.3 Å². The van der Waals surface area contributed by atoms with Crippen molar-refractivity contribution in [1.82, 2.24) is 9.88 Å². The minimum absolute atomic E-state index is 0.00586. The second kappa shape index (κ2) is 5.69. The molecule has 1 aromatic heterocycles. The standard InChI is InChI=1S/C14H18N2O2/c1-2-7-16(8-9-17)14(18)12-10-15-13-6-4-3-5-11(12)13/h3-6,10,15,17H,2,7-9H2,1H3. The minimum atomic E-state index is -0.0247. The van der Waals surface area contributed by atoms with Crippen LogP contribution in [0.25, 0.3) is 10.9 Å². The molecule has 0 radical (unpaired) electrons. The number of carbonyl (C=O) groups excluding carboxylic acids is 1. The highest BCUT2D eigenvalue weighted by Gasteiger charge is 2.17. The number of nitrogens with one attached hydrogen (secondary N) is 1. The van der Waals surface area contributed by atoms with Crippen molar-refractivity contribution in [3.05, 3.63) is 36.0 Å². The van der Waals surface area contributed by atoms with Crippen LogP contribution >= 0.6 is 0 Å². The van der Waals surface area contributed by atoms with Gasteiger partial charge >= 0.3 is 0 Å². The quantitative estimate of drug-likeness (QED) is 0.848. The molecule has 0 aliphatic rings. The number of rotatable bonds is 5. The fourth-order valence-corrected chi connectivity index (χ4v) is 2.12. The number of aliphatic hydroxyl groups is 1. The average Bonchev–Trinajstić information content (AvgIpc) is 2.81. The van der Waals surface area contributed by atoms with E-state index < -0.39 is 0 Å². The summed E-state index contributed by atoms with van der Waals surface area (Å²) >= 11 is 0. The molecule has 2 aromatic rings. The molecule has 0 fully saturated rings. The van der Waals surface area contributed by atoms with Crippen LogP contribution in [-0.2, 0) is 0 Å².